The maximum absolute atomic E-state index is 4.89. The first-order chi connectivity index (χ1) is 20.8. The molecule has 0 heterocycles. The minimum Gasteiger partial charge on any atom is -0.683 e. The Labute approximate surface area is 304 Å². The van der Waals surface area contributed by atoms with Crippen molar-refractivity contribution in [3.05, 3.63) is 117 Å². The summed E-state index contributed by atoms with van der Waals surface area (Å²) in [6.45, 7) is 33.7. The number of nitrogens with one attached hydrogen (secondary N) is 1. The van der Waals surface area contributed by atoms with Gasteiger partial charge in [-0.05, 0) is 128 Å². The maximum atomic E-state index is 4.89. The average Bonchev–Trinajstić information content (AvgIpc) is 3.56. The second-order valence-corrected chi connectivity index (χ2v) is 13.2. The van der Waals surface area contributed by atoms with Crippen molar-refractivity contribution >= 4 is 11.4 Å². The van der Waals surface area contributed by atoms with Crippen molar-refractivity contribution in [1.82, 2.24) is 5.32 Å². The van der Waals surface area contributed by atoms with Crippen LogP contribution in [-0.2, 0) is 26.2 Å². The molecule has 0 aliphatic heterocycles. The fourth-order valence-corrected chi connectivity index (χ4v) is 6.16. The molecule has 0 atom stereocenters. The molecule has 0 spiro atoms. The van der Waals surface area contributed by atoms with Gasteiger partial charge < -0.3 is 23.4 Å². The molecule has 0 radical (unpaired) electrons. The third-order valence-corrected chi connectivity index (χ3v) is 10.2. The molecule has 4 heteroatoms. The summed E-state index contributed by atoms with van der Waals surface area (Å²) in [5.41, 5.74) is 16.9. The zero-order valence-electron chi connectivity index (χ0n) is 31.8. The van der Waals surface area contributed by atoms with Gasteiger partial charge in [0.2, 0.25) is 0 Å². The Bertz CT molecular complexity index is 1190. The second-order valence-electron chi connectivity index (χ2n) is 13.2. The van der Waals surface area contributed by atoms with E-state index in [0.717, 1.165) is 43.6 Å². The second kappa shape index (κ2) is 21.8. The van der Waals surface area contributed by atoms with Gasteiger partial charge in [0.1, 0.15) is 0 Å². The minimum atomic E-state index is 0. The first-order valence-corrected chi connectivity index (χ1v) is 16.9. The Balaban J connectivity index is 0.000000970. The largest absolute Gasteiger partial charge is 4.00 e. The van der Waals surface area contributed by atoms with Crippen LogP contribution < -0.4 is 5.32 Å². The van der Waals surface area contributed by atoms with E-state index in [0.29, 0.717) is 0 Å². The molecule has 3 aromatic rings. The summed E-state index contributed by atoms with van der Waals surface area (Å²) < 4.78 is 0. The van der Waals surface area contributed by atoms with E-state index < -0.39 is 0 Å². The van der Waals surface area contributed by atoms with Crippen LogP contribution in [0.15, 0.2) is 30.3 Å². The molecule has 3 nitrogen and oxygen atoms in total. The Morgan fingerprint density at radius 1 is 0.609 bits per heavy atom. The molecule has 1 aliphatic carbocycles. The van der Waals surface area contributed by atoms with Gasteiger partial charge in [-0.15, -0.1) is 36.6 Å². The van der Waals surface area contributed by atoms with E-state index in [1.54, 1.807) is 0 Å². The summed E-state index contributed by atoms with van der Waals surface area (Å²) in [5, 5.41) is 13.3. The fourth-order valence-electron chi connectivity index (χ4n) is 6.16. The van der Waals surface area contributed by atoms with Crippen LogP contribution >= 0.6 is 0 Å². The predicted molar refractivity (Wildman–Crippen MR) is 203 cm³/mol. The molecule has 0 aromatic heterocycles. The van der Waals surface area contributed by atoms with Crippen molar-refractivity contribution in [2.24, 2.45) is 11.8 Å². The molecule has 1 aliphatic rings. The molecular formula is C42H65N3Zr. The van der Waals surface area contributed by atoms with E-state index in [1.165, 1.54) is 92.7 Å². The summed E-state index contributed by atoms with van der Waals surface area (Å²) in [5.74, 6) is 2.01. The molecule has 46 heavy (non-hydrogen) atoms. The van der Waals surface area contributed by atoms with Crippen LogP contribution in [0.4, 0.5) is 11.4 Å². The zero-order chi connectivity index (χ0) is 33.0. The minimum absolute atomic E-state index is 0. The average molecular weight is 703 g/mol. The summed E-state index contributed by atoms with van der Waals surface area (Å²) in [7, 11) is 0. The third kappa shape index (κ3) is 12.5. The van der Waals surface area contributed by atoms with Crippen LogP contribution in [0.3, 0.4) is 0 Å². The van der Waals surface area contributed by atoms with Crippen molar-refractivity contribution in [3.63, 3.8) is 0 Å². The number of benzene rings is 3. The first kappa shape index (κ1) is 44.0. The molecule has 0 amide bonds. The van der Waals surface area contributed by atoms with Gasteiger partial charge in [0.05, 0.1) is 0 Å². The fraction of sp³-hybridized carbons (Fsp3) is 0.524. The van der Waals surface area contributed by atoms with Gasteiger partial charge in [0.25, 0.3) is 0 Å². The molecular weight excluding hydrogens is 638 g/mol. The van der Waals surface area contributed by atoms with Gasteiger partial charge in [-0.2, -0.15) is 24.6 Å². The summed E-state index contributed by atoms with van der Waals surface area (Å²) in [6.07, 6.45) is 5.97. The van der Waals surface area contributed by atoms with Crippen LogP contribution in [0, 0.1) is 95.4 Å². The quantitative estimate of drug-likeness (QED) is 0.175. The molecule has 0 bridgehead atoms. The molecule has 1 fully saturated rings. The molecule has 0 unspecified atom stereocenters. The van der Waals surface area contributed by atoms with E-state index >= 15 is 0 Å². The van der Waals surface area contributed by atoms with Crippen LogP contribution in [0.5, 0.6) is 0 Å². The first-order valence-electron chi connectivity index (χ1n) is 16.9. The van der Waals surface area contributed by atoms with Gasteiger partial charge in [0.15, 0.2) is 0 Å². The molecule has 252 valence electrons. The van der Waals surface area contributed by atoms with Crippen molar-refractivity contribution in [3.8, 4) is 0 Å². The van der Waals surface area contributed by atoms with Gasteiger partial charge in [-0.3, -0.25) is 0 Å². The smallest absolute Gasteiger partial charge is 0.683 e. The van der Waals surface area contributed by atoms with Crippen LogP contribution in [-0.4, -0.2) is 26.2 Å². The van der Waals surface area contributed by atoms with Crippen molar-refractivity contribution in [1.29, 1.82) is 0 Å². The van der Waals surface area contributed by atoms with Crippen molar-refractivity contribution in [2.45, 2.75) is 109 Å². The van der Waals surface area contributed by atoms with Gasteiger partial charge >= 0.3 is 26.2 Å². The monoisotopic (exact) mass is 701 g/mol. The standard InChI is InChI=1S/C26H39N3.C8H16.C7H7.CH3.Zr/c1-15-17(3)21(7)25(22(8)18(15)4)28-13-11-27-12-14-29-26-23(9)19(5)16(2)20(6)24(26)10;1-7(2)8-5-3-4-6-8;1-7-5-3-2-4-6-7;;/h27H,11-14H2,1-10H3;7-8H,3-6H2,1-2H3;2-6H,1H2;1H3;/q-2;;2*-1;+4. The van der Waals surface area contributed by atoms with Crippen LogP contribution in [0.2, 0.25) is 0 Å². The van der Waals surface area contributed by atoms with Crippen LogP contribution in [0.25, 0.3) is 10.6 Å². The van der Waals surface area contributed by atoms with E-state index in [9.17, 15) is 0 Å². The van der Waals surface area contributed by atoms with Gasteiger partial charge in [0, 0.05) is 0 Å². The van der Waals surface area contributed by atoms with Gasteiger partial charge in [-0.25, -0.2) is 0 Å². The Kier molecular flexibility index (Phi) is 20.8. The van der Waals surface area contributed by atoms with Crippen LogP contribution in [0.1, 0.15) is 101 Å². The Morgan fingerprint density at radius 2 is 0.935 bits per heavy atom. The third-order valence-electron chi connectivity index (χ3n) is 10.2. The predicted octanol–water partition coefficient (Wildman–Crippen LogP) is 12.2. The SMILES string of the molecule is CC(C)C1CCCC1.Cc1c(C)c(C)c([N-]CCNCC[N-]c2c(C)c(C)c(C)c(C)c2C)c(C)c1C.[CH2-]c1ccccc1.[CH3-].[Zr+4]. The molecule has 0 saturated heterocycles. The van der Waals surface area contributed by atoms with Crippen molar-refractivity contribution in [2.75, 3.05) is 26.2 Å². The maximum Gasteiger partial charge on any atom is 4.00 e. The number of rotatable bonds is 9. The number of nitrogens with zero attached hydrogens (tertiary/aromatic N) is 2. The molecule has 3 aromatic carbocycles. The van der Waals surface area contributed by atoms with E-state index in [1.807, 2.05) is 30.3 Å². The van der Waals surface area contributed by atoms with E-state index in [2.05, 4.69) is 95.3 Å². The zero-order valence-corrected chi connectivity index (χ0v) is 34.3. The molecule has 4 rings (SSSR count). The van der Waals surface area contributed by atoms with Gasteiger partial charge in [-0.1, -0.05) is 67.9 Å². The number of hydrogen-bond donors (Lipinski definition) is 1. The number of hydrogen-bond acceptors (Lipinski definition) is 1. The van der Waals surface area contributed by atoms with E-state index in [-0.39, 0.29) is 33.6 Å². The normalized spacial score (nSPS) is 12.3. The summed E-state index contributed by atoms with van der Waals surface area (Å²) >= 11 is 0. The van der Waals surface area contributed by atoms with E-state index in [4.69, 9.17) is 10.6 Å². The Hall–Kier alpha value is -2.03. The summed E-state index contributed by atoms with van der Waals surface area (Å²) in [4.78, 5) is 0. The molecule has 1 N–H and O–H groups in total. The summed E-state index contributed by atoms with van der Waals surface area (Å²) in [6, 6.07) is 9.87. The van der Waals surface area contributed by atoms with Crippen molar-refractivity contribution < 1.29 is 26.2 Å². The Morgan fingerprint density at radius 3 is 1.20 bits per heavy atom. The molecule has 1 saturated carbocycles. The topological polar surface area (TPSA) is 40.2 Å².